The maximum atomic E-state index is 14.0. The normalized spacial score (nSPS) is 19.6. The molecule has 0 saturated carbocycles. The average Bonchev–Trinajstić information content (AvgIpc) is 3.01. The summed E-state index contributed by atoms with van der Waals surface area (Å²) < 4.78 is 47.3. The van der Waals surface area contributed by atoms with Crippen molar-refractivity contribution < 1.29 is 54.5 Å². The van der Waals surface area contributed by atoms with Crippen LogP contribution in [0.15, 0.2) is 56.8 Å². The first kappa shape index (κ1) is 25.3. The second kappa shape index (κ2) is 8.53. The number of hydrogen-bond donors (Lipinski definition) is 1. The molecule has 0 aromatic heterocycles. The zero-order valence-corrected chi connectivity index (χ0v) is 21.4. The maximum absolute atomic E-state index is 14.0. The monoisotopic (exact) mass is 503 g/mol. The van der Waals surface area contributed by atoms with Crippen LogP contribution in [0.2, 0.25) is 0 Å². The van der Waals surface area contributed by atoms with Gasteiger partial charge in [-0.2, -0.15) is 0 Å². The van der Waals surface area contributed by atoms with E-state index < -0.39 is 26.9 Å². The molecular formula is C22H24Cl2FNO2STi. The molecule has 1 N–H and O–H groups in total. The Morgan fingerprint density at radius 2 is 1.57 bits per heavy atom. The molecule has 0 radical (unpaired) electrons. The second-order valence-corrected chi connectivity index (χ2v) is 15.5. The largest absolute Gasteiger partial charge is 1.00 e. The molecule has 0 amide bonds. The number of benzene rings is 2. The molecule has 1 aliphatic carbocycles. The van der Waals surface area contributed by atoms with Gasteiger partial charge in [-0.25, -0.2) is 0 Å². The number of fused-ring (bicyclic) bond motifs is 1. The van der Waals surface area contributed by atoms with Crippen molar-refractivity contribution >= 4 is 17.8 Å². The predicted molar refractivity (Wildman–Crippen MR) is 108 cm³/mol. The van der Waals surface area contributed by atoms with Crippen LogP contribution in [0.4, 0.5) is 4.39 Å². The van der Waals surface area contributed by atoms with Crippen molar-refractivity contribution in [2.24, 2.45) is 5.92 Å². The van der Waals surface area contributed by atoms with E-state index in [1.54, 1.807) is 6.07 Å². The van der Waals surface area contributed by atoms with Gasteiger partial charge in [-0.1, -0.05) is 0 Å². The third-order valence-corrected chi connectivity index (χ3v) is 16.3. The standard InChI is InChI=1S/C9H12NO2S.C7H9.C6H3F.2ClH.Ti/c1-6-4-7(2)9(8(3)5-6)13(10,11)12;1-6-3-4-7(2)5-6;7-6-4-2-1-3-5-6;;;/h4-5H,1-3H3,(H-,10,11,12);3-4,6H,1-2H3;2,4-5H;2*1H;/q-1;;;;;+3/p-2. The first-order chi connectivity index (χ1) is 13.1. The van der Waals surface area contributed by atoms with E-state index in [-0.39, 0.29) is 36.5 Å². The summed E-state index contributed by atoms with van der Waals surface area (Å²) in [6.45, 7) is 9.73. The molecule has 3 nitrogen and oxygen atoms in total. The Hall–Kier alpha value is -0.946. The van der Waals surface area contributed by atoms with Gasteiger partial charge in [-0.3, -0.25) is 0 Å². The van der Waals surface area contributed by atoms with Gasteiger partial charge < -0.3 is 24.8 Å². The van der Waals surface area contributed by atoms with Crippen molar-refractivity contribution in [3.8, 4) is 0 Å². The summed E-state index contributed by atoms with van der Waals surface area (Å²) in [5, 5.41) is 0. The molecule has 8 heteroatoms. The number of rotatable bonds is 4. The molecule has 2 atom stereocenters. The van der Waals surface area contributed by atoms with E-state index in [2.05, 4.69) is 22.3 Å². The first-order valence-corrected chi connectivity index (χ1v) is 14.0. The zero-order valence-electron chi connectivity index (χ0n) is 17.5. The van der Waals surface area contributed by atoms with Gasteiger partial charge in [0.2, 0.25) is 0 Å². The zero-order chi connectivity index (χ0) is 20.4. The molecule has 2 aromatic rings. The molecule has 1 heterocycles. The van der Waals surface area contributed by atoms with Gasteiger partial charge in [0.25, 0.3) is 0 Å². The molecule has 2 aliphatic rings. The summed E-state index contributed by atoms with van der Waals surface area (Å²) in [7, 11) is -3.75. The Morgan fingerprint density at radius 1 is 0.967 bits per heavy atom. The summed E-state index contributed by atoms with van der Waals surface area (Å²) in [5.41, 5.74) is 3.61. The van der Waals surface area contributed by atoms with E-state index in [1.165, 1.54) is 12.1 Å². The van der Waals surface area contributed by atoms with Crippen LogP contribution >= 0.6 is 0 Å². The van der Waals surface area contributed by atoms with Gasteiger partial charge in [-0.15, -0.1) is 0 Å². The first-order valence-electron chi connectivity index (χ1n) is 9.39. The number of hydrogen-bond acceptors (Lipinski definition) is 2. The SMILES string of the molecule is CC1=[C]([Ti+2]2([NH]S(=O)(=O)c3c(C)cc(C)cc3C)[c]3ccc(F)c[c]32)C(C)C=C1.[Cl-].[Cl-]. The van der Waals surface area contributed by atoms with Crippen molar-refractivity contribution in [2.45, 2.75) is 39.5 Å². The van der Waals surface area contributed by atoms with E-state index in [0.717, 1.165) is 33.9 Å². The molecule has 0 bridgehead atoms. The molecule has 30 heavy (non-hydrogen) atoms. The molecule has 2 unspecified atom stereocenters. The molecular weight excluding hydrogens is 480 g/mol. The van der Waals surface area contributed by atoms with Gasteiger partial charge in [-0.05, 0) is 0 Å². The van der Waals surface area contributed by atoms with Crippen LogP contribution in [0.1, 0.15) is 30.5 Å². The van der Waals surface area contributed by atoms with Crippen LogP contribution in [-0.2, 0) is 26.9 Å². The molecule has 1 aliphatic heterocycles. The van der Waals surface area contributed by atoms with E-state index in [0.29, 0.717) is 4.90 Å². The van der Waals surface area contributed by atoms with Gasteiger partial charge in [0.05, 0.1) is 0 Å². The number of sulfonamides is 1. The van der Waals surface area contributed by atoms with E-state index in [4.69, 9.17) is 0 Å². The minimum Gasteiger partial charge on any atom is -1.00 e. The van der Waals surface area contributed by atoms with E-state index in [1.807, 2.05) is 39.8 Å². The molecule has 4 rings (SSSR count). The van der Waals surface area contributed by atoms with Crippen LogP contribution < -0.4 is 35.8 Å². The van der Waals surface area contributed by atoms with Crippen molar-refractivity contribution in [1.29, 1.82) is 0 Å². The van der Waals surface area contributed by atoms with Crippen LogP contribution in [0.3, 0.4) is 0 Å². The van der Waals surface area contributed by atoms with Crippen molar-refractivity contribution in [2.75, 3.05) is 0 Å². The maximum Gasteiger partial charge on any atom is -1.00 e. The van der Waals surface area contributed by atoms with Crippen molar-refractivity contribution in [3.05, 3.63) is 74.4 Å². The van der Waals surface area contributed by atoms with Crippen molar-refractivity contribution in [3.63, 3.8) is 0 Å². The fourth-order valence-electron chi connectivity index (χ4n) is 4.84. The van der Waals surface area contributed by atoms with Crippen molar-refractivity contribution in [1.82, 2.24) is 3.20 Å². The minimum absolute atomic E-state index is 0. The summed E-state index contributed by atoms with van der Waals surface area (Å²) >= 11 is -3.51. The van der Waals surface area contributed by atoms with E-state index in [9.17, 15) is 12.8 Å². The van der Waals surface area contributed by atoms with Gasteiger partial charge in [0, 0.05) is 0 Å². The molecule has 2 aromatic carbocycles. The Balaban J connectivity index is 0.00000160. The third-order valence-electron chi connectivity index (χ3n) is 5.81. The molecule has 160 valence electrons. The Labute approximate surface area is 194 Å². The number of halogens is 3. The molecule has 0 fully saturated rings. The third kappa shape index (κ3) is 3.85. The number of aryl methyl sites for hydroxylation is 3. The topological polar surface area (TPSA) is 46.2 Å². The van der Waals surface area contributed by atoms with Crippen LogP contribution in [0.5, 0.6) is 0 Å². The average molecular weight is 504 g/mol. The van der Waals surface area contributed by atoms with Gasteiger partial charge in [0.1, 0.15) is 0 Å². The van der Waals surface area contributed by atoms with Gasteiger partial charge in [0.15, 0.2) is 0 Å². The Bertz CT molecular complexity index is 1170. The summed E-state index contributed by atoms with van der Waals surface area (Å²) in [6.07, 6.45) is 4.16. The molecule has 0 saturated heterocycles. The number of nitrogens with one attached hydrogen (secondary N) is 1. The summed E-state index contributed by atoms with van der Waals surface area (Å²) in [4.78, 5) is 0.346. The molecule has 0 spiro atoms. The van der Waals surface area contributed by atoms with Crippen LogP contribution in [0.25, 0.3) is 0 Å². The smallest absolute Gasteiger partial charge is 1.00 e. The Morgan fingerprint density at radius 3 is 2.07 bits per heavy atom. The van der Waals surface area contributed by atoms with Crippen LogP contribution in [-0.4, -0.2) is 8.42 Å². The summed E-state index contributed by atoms with van der Waals surface area (Å²) in [5.74, 6) is -0.164. The van der Waals surface area contributed by atoms with Gasteiger partial charge >= 0.3 is 170 Å². The fourth-order valence-corrected chi connectivity index (χ4v) is 16.9. The predicted octanol–water partition coefficient (Wildman–Crippen LogP) is -2.45. The quantitative estimate of drug-likeness (QED) is 0.471. The summed E-state index contributed by atoms with van der Waals surface area (Å²) in [6, 6.07) is 8.52. The Kier molecular flexibility index (Phi) is 7.20. The minimum atomic E-state index is -3.75. The van der Waals surface area contributed by atoms with Crippen LogP contribution in [0, 0.1) is 32.5 Å². The fraction of sp³-hybridized carbons (Fsp3) is 0.273. The van der Waals surface area contributed by atoms with E-state index >= 15 is 0 Å². The number of allylic oxidation sites excluding steroid dienone is 4. The second-order valence-electron chi connectivity index (χ2n) is 8.02.